The monoisotopic (exact) mass is 251 g/mol. The number of benzene rings is 1. The lowest BCUT2D eigenvalue weighted by molar-refractivity contribution is 0.0927. The Hall–Kier alpha value is -0.730. The van der Waals surface area contributed by atoms with Crippen molar-refractivity contribution in [1.29, 1.82) is 0 Å². The zero-order chi connectivity index (χ0) is 11.7. The molecule has 92 valence electrons. The molecule has 1 aromatic carbocycles. The molecule has 0 aromatic heterocycles. The predicted octanol–water partition coefficient (Wildman–Crippen LogP) is 3.39. The van der Waals surface area contributed by atoms with Crippen molar-refractivity contribution in [2.24, 2.45) is 0 Å². The summed E-state index contributed by atoms with van der Waals surface area (Å²) in [6.45, 7) is 0. The van der Waals surface area contributed by atoms with E-state index < -0.39 is 0 Å². The molecule has 0 radical (unpaired) electrons. The number of ether oxygens (including phenoxy) is 1. The van der Waals surface area contributed by atoms with Crippen LogP contribution in [0, 0.1) is 0 Å². The summed E-state index contributed by atoms with van der Waals surface area (Å²) in [5.74, 6) is 0.905. The fraction of sp³-hybridized carbons (Fsp3) is 0.571. The lowest BCUT2D eigenvalue weighted by Gasteiger charge is -2.40. The lowest BCUT2D eigenvalue weighted by atomic mass is 9.85. The Morgan fingerprint density at radius 2 is 1.94 bits per heavy atom. The number of hydrogen-bond donors (Lipinski definition) is 1. The summed E-state index contributed by atoms with van der Waals surface area (Å²) < 4.78 is 6.05. The van der Waals surface area contributed by atoms with E-state index in [1.165, 1.54) is 19.3 Å². The van der Waals surface area contributed by atoms with Crippen LogP contribution in [0.2, 0.25) is 5.02 Å². The second kappa shape index (κ2) is 4.87. The highest BCUT2D eigenvalue weighted by molar-refractivity contribution is 6.30. The molecule has 17 heavy (non-hydrogen) atoms. The Balaban J connectivity index is 1.65. The molecular formula is C14H18ClNO. The van der Waals surface area contributed by atoms with Gasteiger partial charge in [-0.15, -0.1) is 0 Å². The third kappa shape index (κ3) is 2.75. The number of rotatable bonds is 2. The molecule has 0 saturated carbocycles. The third-order valence-electron chi connectivity index (χ3n) is 3.77. The first-order valence-corrected chi connectivity index (χ1v) is 6.85. The summed E-state index contributed by atoms with van der Waals surface area (Å²) in [5.41, 5.74) is 0. The van der Waals surface area contributed by atoms with E-state index in [9.17, 15) is 0 Å². The van der Waals surface area contributed by atoms with Gasteiger partial charge in [-0.2, -0.15) is 0 Å². The molecule has 3 rings (SSSR count). The Bertz CT molecular complexity index is 384. The molecule has 0 spiro atoms. The van der Waals surface area contributed by atoms with E-state index in [0.717, 1.165) is 23.6 Å². The van der Waals surface area contributed by atoms with Gasteiger partial charge in [-0.3, -0.25) is 0 Å². The molecule has 2 heterocycles. The summed E-state index contributed by atoms with van der Waals surface area (Å²) >= 11 is 5.97. The van der Waals surface area contributed by atoms with Crippen molar-refractivity contribution in [2.75, 3.05) is 0 Å². The van der Waals surface area contributed by atoms with Crippen LogP contribution in [0.4, 0.5) is 0 Å². The number of fused-ring (bicyclic) bond motifs is 2. The van der Waals surface area contributed by atoms with Crippen LogP contribution in [0.15, 0.2) is 24.3 Å². The van der Waals surface area contributed by atoms with Gasteiger partial charge in [0.25, 0.3) is 0 Å². The van der Waals surface area contributed by atoms with E-state index in [-0.39, 0.29) is 0 Å². The highest BCUT2D eigenvalue weighted by atomic mass is 35.5. The fourth-order valence-electron chi connectivity index (χ4n) is 3.04. The van der Waals surface area contributed by atoms with Crippen molar-refractivity contribution in [3.8, 4) is 5.75 Å². The maximum Gasteiger partial charge on any atom is 0.121 e. The Labute approximate surface area is 107 Å². The van der Waals surface area contributed by atoms with Gasteiger partial charge in [0.1, 0.15) is 11.9 Å². The molecule has 2 nitrogen and oxygen atoms in total. The summed E-state index contributed by atoms with van der Waals surface area (Å²) in [4.78, 5) is 0. The summed E-state index contributed by atoms with van der Waals surface area (Å²) in [5, 5.41) is 4.42. The molecule has 3 heteroatoms. The van der Waals surface area contributed by atoms with Crippen LogP contribution >= 0.6 is 11.6 Å². The zero-order valence-electron chi connectivity index (χ0n) is 9.86. The summed E-state index contributed by atoms with van der Waals surface area (Å²) in [6.07, 6.45) is 6.57. The normalized spacial score (nSPS) is 32.2. The molecule has 0 amide bonds. The van der Waals surface area contributed by atoms with E-state index in [0.29, 0.717) is 18.2 Å². The van der Waals surface area contributed by atoms with E-state index >= 15 is 0 Å². The standard InChI is InChI=1S/C14H18ClNO/c15-10-3-1-6-13(7-10)17-14-8-11-4-2-5-12(9-14)16-11/h1,3,6-7,11-12,14,16H,2,4-5,8-9H2/t11-,12+,14?. The molecule has 1 aromatic rings. The quantitative estimate of drug-likeness (QED) is 0.870. The fourth-order valence-corrected chi connectivity index (χ4v) is 3.22. The van der Waals surface area contributed by atoms with Gasteiger partial charge in [-0.25, -0.2) is 0 Å². The van der Waals surface area contributed by atoms with Gasteiger partial charge >= 0.3 is 0 Å². The highest BCUT2D eigenvalue weighted by Gasteiger charge is 2.32. The first kappa shape index (κ1) is 11.4. The Morgan fingerprint density at radius 1 is 1.18 bits per heavy atom. The van der Waals surface area contributed by atoms with Crippen molar-refractivity contribution in [3.05, 3.63) is 29.3 Å². The van der Waals surface area contributed by atoms with Gasteiger partial charge in [0, 0.05) is 17.1 Å². The van der Waals surface area contributed by atoms with Gasteiger partial charge in [0.2, 0.25) is 0 Å². The highest BCUT2D eigenvalue weighted by Crippen LogP contribution is 2.29. The van der Waals surface area contributed by atoms with E-state index in [1.807, 2.05) is 24.3 Å². The van der Waals surface area contributed by atoms with Crippen molar-refractivity contribution in [1.82, 2.24) is 5.32 Å². The topological polar surface area (TPSA) is 21.3 Å². The molecule has 2 aliphatic heterocycles. The number of halogens is 1. The second-order valence-corrected chi connectivity index (χ2v) is 5.60. The van der Waals surface area contributed by atoms with Gasteiger partial charge < -0.3 is 10.1 Å². The van der Waals surface area contributed by atoms with Crippen LogP contribution in [0.3, 0.4) is 0 Å². The van der Waals surface area contributed by atoms with E-state index in [1.54, 1.807) is 0 Å². The molecule has 2 saturated heterocycles. The average molecular weight is 252 g/mol. The van der Waals surface area contributed by atoms with Crippen LogP contribution in [-0.2, 0) is 0 Å². The van der Waals surface area contributed by atoms with Crippen LogP contribution in [0.25, 0.3) is 0 Å². The van der Waals surface area contributed by atoms with Gasteiger partial charge in [0.15, 0.2) is 0 Å². The van der Waals surface area contributed by atoms with Crippen LogP contribution in [0.1, 0.15) is 32.1 Å². The van der Waals surface area contributed by atoms with E-state index in [2.05, 4.69) is 5.32 Å². The second-order valence-electron chi connectivity index (χ2n) is 5.16. The third-order valence-corrected chi connectivity index (χ3v) is 4.01. The van der Waals surface area contributed by atoms with Crippen LogP contribution in [-0.4, -0.2) is 18.2 Å². The minimum Gasteiger partial charge on any atom is -0.490 e. The van der Waals surface area contributed by atoms with Crippen molar-refractivity contribution in [2.45, 2.75) is 50.3 Å². The van der Waals surface area contributed by atoms with Gasteiger partial charge in [0.05, 0.1) is 0 Å². The number of nitrogens with one attached hydrogen (secondary N) is 1. The molecular weight excluding hydrogens is 234 g/mol. The molecule has 1 unspecified atom stereocenters. The lowest BCUT2D eigenvalue weighted by Crippen LogP contribution is -2.51. The first-order valence-electron chi connectivity index (χ1n) is 6.48. The smallest absolute Gasteiger partial charge is 0.121 e. The predicted molar refractivity (Wildman–Crippen MR) is 69.7 cm³/mol. The van der Waals surface area contributed by atoms with Gasteiger partial charge in [-0.05, 0) is 43.9 Å². The molecule has 1 N–H and O–H groups in total. The maximum absolute atomic E-state index is 6.05. The summed E-state index contributed by atoms with van der Waals surface area (Å²) in [7, 11) is 0. The van der Waals surface area contributed by atoms with Crippen molar-refractivity contribution >= 4 is 11.6 Å². The zero-order valence-corrected chi connectivity index (χ0v) is 10.6. The van der Waals surface area contributed by atoms with Gasteiger partial charge in [-0.1, -0.05) is 24.1 Å². The van der Waals surface area contributed by atoms with Crippen molar-refractivity contribution in [3.63, 3.8) is 0 Å². The molecule has 3 atom stereocenters. The average Bonchev–Trinajstić information content (AvgIpc) is 2.28. The summed E-state index contributed by atoms with van der Waals surface area (Å²) in [6, 6.07) is 9.03. The van der Waals surface area contributed by atoms with Crippen LogP contribution < -0.4 is 10.1 Å². The SMILES string of the molecule is Clc1cccc(OC2C[C@H]3CCC[C@@H](C2)N3)c1. The minimum atomic E-state index is 0.352. The first-order chi connectivity index (χ1) is 8.29. The number of piperidine rings is 2. The maximum atomic E-state index is 6.05. The van der Waals surface area contributed by atoms with Crippen LogP contribution in [0.5, 0.6) is 5.75 Å². The largest absolute Gasteiger partial charge is 0.490 e. The Kier molecular flexibility index (Phi) is 3.26. The molecule has 0 aliphatic carbocycles. The number of hydrogen-bond acceptors (Lipinski definition) is 2. The van der Waals surface area contributed by atoms with E-state index in [4.69, 9.17) is 16.3 Å². The van der Waals surface area contributed by atoms with Crippen molar-refractivity contribution < 1.29 is 4.74 Å². The Morgan fingerprint density at radius 3 is 2.65 bits per heavy atom. The molecule has 2 bridgehead atoms. The molecule has 2 aliphatic rings. The molecule has 2 fully saturated rings. The minimum absolute atomic E-state index is 0.352.